The predicted molar refractivity (Wildman–Crippen MR) is 111 cm³/mol. The topological polar surface area (TPSA) is 72.1 Å². The largest absolute Gasteiger partial charge is 0.465 e. The lowest BCUT2D eigenvalue weighted by Crippen LogP contribution is -2.25. The monoisotopic (exact) mass is 440 g/mol. The maximum Gasteiger partial charge on any atom is 0.435 e. The molecule has 0 saturated heterocycles. The molecule has 0 fully saturated rings. The summed E-state index contributed by atoms with van der Waals surface area (Å²) in [6.45, 7) is 0. The van der Waals surface area contributed by atoms with Gasteiger partial charge in [0, 0.05) is 5.56 Å². The highest BCUT2D eigenvalue weighted by atomic mass is 19.4. The van der Waals surface area contributed by atoms with E-state index in [1.165, 1.54) is 37.4 Å². The van der Waals surface area contributed by atoms with Crippen molar-refractivity contribution < 1.29 is 31.9 Å². The highest BCUT2D eigenvalue weighted by molar-refractivity contribution is 6.34. The standard InChI is InChI=1S/C23H15F3N2O4/c1-31-22(30)15-9-7-14(8-10-15)19-12-11-17(32-19)13-18-20(23(24,25)26)27-28(21(18)29)16-5-3-2-4-6-16/h2-13H,1H3. The van der Waals surface area contributed by atoms with Gasteiger partial charge in [-0.15, -0.1) is 0 Å². The molecule has 4 rings (SSSR count). The number of benzene rings is 2. The van der Waals surface area contributed by atoms with Crippen molar-refractivity contribution in [1.82, 2.24) is 0 Å². The van der Waals surface area contributed by atoms with Crippen molar-refractivity contribution in [2.75, 3.05) is 12.1 Å². The quantitative estimate of drug-likeness (QED) is 0.419. The number of carbonyl (C=O) groups is 2. The lowest BCUT2D eigenvalue weighted by atomic mass is 10.1. The van der Waals surface area contributed by atoms with E-state index < -0.39 is 29.3 Å². The van der Waals surface area contributed by atoms with Gasteiger partial charge >= 0.3 is 12.1 Å². The Morgan fingerprint density at radius 1 is 1.03 bits per heavy atom. The first-order valence-electron chi connectivity index (χ1n) is 9.34. The van der Waals surface area contributed by atoms with E-state index >= 15 is 0 Å². The molecule has 162 valence electrons. The summed E-state index contributed by atoms with van der Waals surface area (Å²) in [4.78, 5) is 24.3. The molecule has 1 aliphatic heterocycles. The lowest BCUT2D eigenvalue weighted by molar-refractivity contribution is -0.114. The number of furan rings is 1. The van der Waals surface area contributed by atoms with E-state index in [0.29, 0.717) is 21.9 Å². The molecule has 0 saturated carbocycles. The maximum atomic E-state index is 13.6. The van der Waals surface area contributed by atoms with Gasteiger partial charge in [0.15, 0.2) is 5.71 Å². The Morgan fingerprint density at radius 3 is 2.34 bits per heavy atom. The third kappa shape index (κ3) is 4.04. The molecule has 2 heterocycles. The Balaban J connectivity index is 1.66. The average Bonchev–Trinajstić information content (AvgIpc) is 3.39. The van der Waals surface area contributed by atoms with E-state index in [9.17, 15) is 22.8 Å². The summed E-state index contributed by atoms with van der Waals surface area (Å²) in [6.07, 6.45) is -3.81. The van der Waals surface area contributed by atoms with Gasteiger partial charge in [-0.05, 0) is 42.5 Å². The van der Waals surface area contributed by atoms with Gasteiger partial charge in [0.1, 0.15) is 11.5 Å². The SMILES string of the molecule is COC(=O)c1ccc(-c2ccc(C=C3C(=O)N(c4ccccc4)N=C3C(F)(F)F)o2)cc1. The maximum absolute atomic E-state index is 13.6. The van der Waals surface area contributed by atoms with E-state index in [2.05, 4.69) is 9.84 Å². The number of hydrazone groups is 1. The van der Waals surface area contributed by atoms with E-state index in [1.54, 1.807) is 36.4 Å². The molecule has 3 aromatic rings. The van der Waals surface area contributed by atoms with Crippen LogP contribution in [0.15, 0.2) is 81.8 Å². The number of carbonyl (C=O) groups excluding carboxylic acids is 2. The van der Waals surface area contributed by atoms with Crippen molar-refractivity contribution in [3.8, 4) is 11.3 Å². The Labute approximate surface area is 180 Å². The number of methoxy groups -OCH3 is 1. The first-order valence-corrected chi connectivity index (χ1v) is 9.34. The molecule has 1 aromatic heterocycles. The zero-order valence-corrected chi connectivity index (χ0v) is 16.6. The number of anilines is 1. The van der Waals surface area contributed by atoms with Crippen LogP contribution in [-0.4, -0.2) is 30.9 Å². The second-order valence-electron chi connectivity index (χ2n) is 6.73. The van der Waals surface area contributed by atoms with Crippen molar-refractivity contribution in [3.05, 3.63) is 83.6 Å². The van der Waals surface area contributed by atoms with Crippen LogP contribution in [0.2, 0.25) is 0 Å². The molecule has 0 spiro atoms. The summed E-state index contributed by atoms with van der Waals surface area (Å²) in [5.41, 5.74) is -0.770. The zero-order valence-electron chi connectivity index (χ0n) is 16.6. The molecule has 9 heteroatoms. The van der Waals surface area contributed by atoms with Crippen LogP contribution in [0.25, 0.3) is 17.4 Å². The molecular formula is C23H15F3N2O4. The van der Waals surface area contributed by atoms with Crippen molar-refractivity contribution in [1.29, 1.82) is 0 Å². The first-order chi connectivity index (χ1) is 15.3. The zero-order chi connectivity index (χ0) is 22.9. The summed E-state index contributed by atoms with van der Waals surface area (Å²) in [6, 6.07) is 17.1. The van der Waals surface area contributed by atoms with Gasteiger partial charge in [-0.1, -0.05) is 30.3 Å². The number of esters is 1. The Kier molecular flexibility index (Phi) is 5.40. The molecule has 0 unspecified atom stereocenters. The normalized spacial score (nSPS) is 15.2. The number of amides is 1. The number of halogens is 3. The molecule has 1 aliphatic rings. The Bertz CT molecular complexity index is 1230. The van der Waals surface area contributed by atoms with E-state index in [-0.39, 0.29) is 11.4 Å². The fraction of sp³-hybridized carbons (Fsp3) is 0.0870. The van der Waals surface area contributed by atoms with Crippen LogP contribution in [0.5, 0.6) is 0 Å². The first kappa shape index (κ1) is 21.1. The summed E-state index contributed by atoms with van der Waals surface area (Å²) in [7, 11) is 1.27. The molecular weight excluding hydrogens is 425 g/mol. The van der Waals surface area contributed by atoms with Crippen LogP contribution in [0.1, 0.15) is 16.1 Å². The number of hydrogen-bond acceptors (Lipinski definition) is 5. The highest BCUT2D eigenvalue weighted by Crippen LogP contribution is 2.33. The van der Waals surface area contributed by atoms with Crippen LogP contribution < -0.4 is 5.01 Å². The fourth-order valence-electron chi connectivity index (χ4n) is 3.11. The summed E-state index contributed by atoms with van der Waals surface area (Å²) >= 11 is 0. The van der Waals surface area contributed by atoms with Gasteiger partial charge in [0.05, 0.1) is 23.9 Å². The highest BCUT2D eigenvalue weighted by Gasteiger charge is 2.47. The van der Waals surface area contributed by atoms with E-state index in [4.69, 9.17) is 4.42 Å². The van der Waals surface area contributed by atoms with Crippen LogP contribution in [0, 0.1) is 0 Å². The molecule has 0 aliphatic carbocycles. The van der Waals surface area contributed by atoms with Gasteiger partial charge in [-0.2, -0.15) is 23.3 Å². The summed E-state index contributed by atoms with van der Waals surface area (Å²) in [5, 5.41) is 4.22. The number of nitrogens with zero attached hydrogens (tertiary/aromatic N) is 2. The van der Waals surface area contributed by atoms with Gasteiger partial charge in [-0.3, -0.25) is 4.79 Å². The number of ether oxygens (including phenoxy) is 1. The predicted octanol–water partition coefficient (Wildman–Crippen LogP) is 5.08. The third-order valence-electron chi connectivity index (χ3n) is 4.65. The lowest BCUT2D eigenvalue weighted by Gasteiger charge is -2.10. The van der Waals surface area contributed by atoms with Gasteiger partial charge in [0.2, 0.25) is 0 Å². The molecule has 0 atom stereocenters. The Hall–Kier alpha value is -4.14. The molecule has 2 aromatic carbocycles. The molecule has 0 radical (unpaired) electrons. The minimum absolute atomic E-state index is 0.0484. The van der Waals surface area contributed by atoms with Gasteiger partial charge in [0.25, 0.3) is 5.91 Å². The molecule has 1 amide bonds. The minimum Gasteiger partial charge on any atom is -0.465 e. The van der Waals surface area contributed by atoms with Crippen molar-refractivity contribution in [2.24, 2.45) is 5.10 Å². The summed E-state index contributed by atoms with van der Waals surface area (Å²) in [5.74, 6) is -1.01. The number of alkyl halides is 3. The van der Waals surface area contributed by atoms with Crippen LogP contribution in [0.4, 0.5) is 18.9 Å². The number of rotatable bonds is 4. The molecule has 0 bridgehead atoms. The number of para-hydroxylation sites is 1. The molecule has 32 heavy (non-hydrogen) atoms. The average molecular weight is 440 g/mol. The van der Waals surface area contributed by atoms with Crippen LogP contribution in [-0.2, 0) is 9.53 Å². The van der Waals surface area contributed by atoms with Crippen LogP contribution in [0.3, 0.4) is 0 Å². The second-order valence-corrected chi connectivity index (χ2v) is 6.73. The van der Waals surface area contributed by atoms with Crippen molar-refractivity contribution in [2.45, 2.75) is 6.18 Å². The van der Waals surface area contributed by atoms with E-state index in [0.717, 1.165) is 6.08 Å². The molecule has 6 nitrogen and oxygen atoms in total. The number of hydrogen-bond donors (Lipinski definition) is 0. The smallest absolute Gasteiger partial charge is 0.435 e. The Morgan fingerprint density at radius 2 is 1.72 bits per heavy atom. The molecule has 0 N–H and O–H groups in total. The van der Waals surface area contributed by atoms with Gasteiger partial charge < -0.3 is 9.15 Å². The minimum atomic E-state index is -4.83. The third-order valence-corrected chi connectivity index (χ3v) is 4.65. The fourth-order valence-corrected chi connectivity index (χ4v) is 3.11. The van der Waals surface area contributed by atoms with Crippen LogP contribution >= 0.6 is 0 Å². The van der Waals surface area contributed by atoms with E-state index in [1.807, 2.05) is 0 Å². The van der Waals surface area contributed by atoms with Crippen molar-refractivity contribution >= 4 is 29.4 Å². The summed E-state index contributed by atoms with van der Waals surface area (Å²) < 4.78 is 50.9. The van der Waals surface area contributed by atoms with Gasteiger partial charge in [-0.25, -0.2) is 4.79 Å². The van der Waals surface area contributed by atoms with Crippen molar-refractivity contribution in [3.63, 3.8) is 0 Å². The second kappa shape index (κ2) is 8.18.